The minimum atomic E-state index is -0.344. The Kier molecular flexibility index (Phi) is 4.53. The Hall–Kier alpha value is -0.590. The van der Waals surface area contributed by atoms with Crippen LogP contribution in [0.3, 0.4) is 0 Å². The van der Waals surface area contributed by atoms with Gasteiger partial charge in [0.25, 0.3) is 5.69 Å². The summed E-state index contributed by atoms with van der Waals surface area (Å²) in [5.41, 5.74) is 1.13. The highest BCUT2D eigenvalue weighted by Gasteiger charge is 2.27. The molecule has 0 saturated carbocycles. The third-order valence-corrected chi connectivity index (χ3v) is 5.37. The number of nitro groups is 1. The van der Waals surface area contributed by atoms with Gasteiger partial charge in [-0.05, 0) is 35.3 Å². The van der Waals surface area contributed by atoms with Crippen molar-refractivity contribution in [1.82, 2.24) is 4.90 Å². The Morgan fingerprint density at radius 3 is 2.89 bits per heavy atom. The van der Waals surface area contributed by atoms with Gasteiger partial charge in [0.05, 0.1) is 9.40 Å². The van der Waals surface area contributed by atoms with Gasteiger partial charge in [0, 0.05) is 36.2 Å². The molecule has 1 saturated heterocycles. The molecule has 0 bridgehead atoms. The summed E-state index contributed by atoms with van der Waals surface area (Å²) in [7, 11) is 0. The Labute approximate surface area is 125 Å². The Morgan fingerprint density at radius 1 is 1.53 bits per heavy atom. The fourth-order valence-electron chi connectivity index (χ4n) is 2.32. The minimum absolute atomic E-state index is 0.142. The quantitative estimate of drug-likeness (QED) is 0.619. The van der Waals surface area contributed by atoms with E-state index in [1.165, 1.54) is 6.07 Å². The highest BCUT2D eigenvalue weighted by molar-refractivity contribution is 9.10. The fourth-order valence-corrected chi connectivity index (χ4v) is 4.03. The van der Waals surface area contributed by atoms with Gasteiger partial charge in [0.2, 0.25) is 0 Å². The van der Waals surface area contributed by atoms with Crippen LogP contribution in [-0.4, -0.2) is 33.4 Å². The number of rotatable bonds is 3. The molecule has 0 unspecified atom stereocenters. The van der Waals surface area contributed by atoms with Crippen molar-refractivity contribution < 1.29 is 4.92 Å². The van der Waals surface area contributed by atoms with E-state index in [9.17, 15) is 10.1 Å². The van der Waals surface area contributed by atoms with Crippen LogP contribution in [0, 0.1) is 10.1 Å². The lowest BCUT2D eigenvalue weighted by molar-refractivity contribution is -0.385. The van der Waals surface area contributed by atoms with Gasteiger partial charge in [-0.1, -0.05) is 12.1 Å². The zero-order valence-corrected chi connectivity index (χ0v) is 13.5. The number of nitro benzene ring substituents is 1. The third-order valence-electron chi connectivity index (χ3n) is 3.15. The second kappa shape index (κ2) is 5.81. The Bertz CT molecular complexity index is 494. The van der Waals surface area contributed by atoms with E-state index in [0.717, 1.165) is 31.0 Å². The standard InChI is InChI=1S/C13H17BrN2O2S/c1-13(2)9-15(6-7-19-13)8-10-4-3-5-11(12(10)14)16(17)18/h3-5H,6-9H2,1-2H3. The lowest BCUT2D eigenvalue weighted by Gasteiger charge is -2.37. The molecule has 0 amide bonds. The monoisotopic (exact) mass is 344 g/mol. The van der Waals surface area contributed by atoms with E-state index in [-0.39, 0.29) is 15.4 Å². The van der Waals surface area contributed by atoms with Gasteiger partial charge in [-0.3, -0.25) is 15.0 Å². The Balaban J connectivity index is 2.15. The maximum absolute atomic E-state index is 10.9. The van der Waals surface area contributed by atoms with E-state index in [1.54, 1.807) is 6.07 Å². The SMILES string of the molecule is CC1(C)CN(Cc2cccc([N+](=O)[O-])c2Br)CCS1. The summed E-state index contributed by atoms with van der Waals surface area (Å²) in [5.74, 6) is 1.11. The van der Waals surface area contributed by atoms with Gasteiger partial charge < -0.3 is 0 Å². The number of halogens is 1. The summed E-state index contributed by atoms with van der Waals surface area (Å²) in [6, 6.07) is 5.23. The van der Waals surface area contributed by atoms with Gasteiger partial charge in [-0.2, -0.15) is 11.8 Å². The number of nitrogens with zero attached hydrogens (tertiary/aromatic N) is 2. The second-order valence-corrected chi connectivity index (χ2v) is 7.92. The van der Waals surface area contributed by atoms with E-state index in [1.807, 2.05) is 17.8 Å². The first-order valence-electron chi connectivity index (χ1n) is 6.17. The van der Waals surface area contributed by atoms with Crippen LogP contribution in [0.25, 0.3) is 0 Å². The molecule has 6 heteroatoms. The molecule has 0 atom stereocenters. The average molecular weight is 345 g/mol. The fraction of sp³-hybridized carbons (Fsp3) is 0.538. The summed E-state index contributed by atoms with van der Waals surface area (Å²) < 4.78 is 0.863. The van der Waals surface area contributed by atoms with Crippen LogP contribution in [0.1, 0.15) is 19.4 Å². The third kappa shape index (κ3) is 3.70. The lowest BCUT2D eigenvalue weighted by atomic mass is 10.1. The predicted molar refractivity (Wildman–Crippen MR) is 82.6 cm³/mol. The van der Waals surface area contributed by atoms with Crippen LogP contribution in [0.5, 0.6) is 0 Å². The van der Waals surface area contributed by atoms with Crippen LogP contribution in [0.15, 0.2) is 22.7 Å². The molecule has 4 nitrogen and oxygen atoms in total. The number of hydrogen-bond donors (Lipinski definition) is 0. The van der Waals surface area contributed by atoms with Gasteiger partial charge >= 0.3 is 0 Å². The molecule has 0 radical (unpaired) electrons. The molecular weight excluding hydrogens is 328 g/mol. The summed E-state index contributed by atoms with van der Waals surface area (Å²) in [4.78, 5) is 12.9. The van der Waals surface area contributed by atoms with Crippen molar-refractivity contribution in [3.8, 4) is 0 Å². The van der Waals surface area contributed by atoms with Gasteiger partial charge in [0.1, 0.15) is 0 Å². The van der Waals surface area contributed by atoms with Crippen LogP contribution >= 0.6 is 27.7 Å². The first-order valence-corrected chi connectivity index (χ1v) is 7.95. The van der Waals surface area contributed by atoms with Crippen molar-refractivity contribution in [3.05, 3.63) is 38.3 Å². The van der Waals surface area contributed by atoms with Crippen molar-refractivity contribution in [1.29, 1.82) is 0 Å². The number of benzene rings is 1. The molecule has 0 N–H and O–H groups in total. The van der Waals surface area contributed by atoms with Crippen molar-refractivity contribution in [3.63, 3.8) is 0 Å². The first kappa shape index (κ1) is 14.8. The maximum atomic E-state index is 10.9. The van der Waals surface area contributed by atoms with Crippen LogP contribution in [0.4, 0.5) is 5.69 Å². The first-order chi connectivity index (χ1) is 8.89. The normalized spacial score (nSPS) is 19.3. The molecule has 0 aliphatic carbocycles. The predicted octanol–water partition coefficient (Wildman–Crippen LogP) is 3.68. The van der Waals surface area contributed by atoms with E-state index in [0.29, 0.717) is 4.47 Å². The van der Waals surface area contributed by atoms with Crippen molar-refractivity contribution in [2.45, 2.75) is 25.1 Å². The van der Waals surface area contributed by atoms with E-state index < -0.39 is 0 Å². The second-order valence-electron chi connectivity index (χ2n) is 5.33. The molecule has 1 aliphatic heterocycles. The van der Waals surface area contributed by atoms with Crippen molar-refractivity contribution in [2.75, 3.05) is 18.8 Å². The van der Waals surface area contributed by atoms with E-state index >= 15 is 0 Å². The maximum Gasteiger partial charge on any atom is 0.283 e. The molecule has 19 heavy (non-hydrogen) atoms. The molecule has 0 aromatic heterocycles. The molecule has 1 fully saturated rings. The zero-order valence-electron chi connectivity index (χ0n) is 11.1. The molecule has 1 aromatic rings. The molecule has 1 heterocycles. The summed E-state index contributed by atoms with van der Waals surface area (Å²) in [6.07, 6.45) is 0. The number of hydrogen-bond acceptors (Lipinski definition) is 4. The summed E-state index contributed by atoms with van der Waals surface area (Å²) in [6.45, 7) is 7.28. The van der Waals surface area contributed by atoms with Crippen LogP contribution < -0.4 is 0 Å². The summed E-state index contributed by atoms with van der Waals surface area (Å²) >= 11 is 5.35. The molecule has 0 spiro atoms. The van der Waals surface area contributed by atoms with Crippen LogP contribution in [-0.2, 0) is 6.54 Å². The van der Waals surface area contributed by atoms with Gasteiger partial charge in [0.15, 0.2) is 0 Å². The minimum Gasteiger partial charge on any atom is -0.297 e. The van der Waals surface area contributed by atoms with E-state index in [4.69, 9.17) is 0 Å². The summed E-state index contributed by atoms with van der Waals surface area (Å²) in [5, 5.41) is 10.9. The van der Waals surface area contributed by atoms with Crippen molar-refractivity contribution in [2.24, 2.45) is 0 Å². The van der Waals surface area contributed by atoms with E-state index in [2.05, 4.69) is 34.7 Å². The topological polar surface area (TPSA) is 46.4 Å². The smallest absolute Gasteiger partial charge is 0.283 e. The number of thioether (sulfide) groups is 1. The molecule has 1 aliphatic rings. The highest BCUT2D eigenvalue weighted by Crippen LogP contribution is 2.33. The largest absolute Gasteiger partial charge is 0.297 e. The van der Waals surface area contributed by atoms with Gasteiger partial charge in [-0.25, -0.2) is 0 Å². The molecule has 104 valence electrons. The highest BCUT2D eigenvalue weighted by atomic mass is 79.9. The Morgan fingerprint density at radius 2 is 2.26 bits per heavy atom. The van der Waals surface area contributed by atoms with Gasteiger partial charge in [-0.15, -0.1) is 0 Å². The zero-order chi connectivity index (χ0) is 14.0. The molecule has 2 rings (SSSR count). The average Bonchev–Trinajstić information content (AvgIpc) is 2.30. The molecule has 1 aromatic carbocycles. The van der Waals surface area contributed by atoms with Crippen molar-refractivity contribution >= 4 is 33.4 Å². The van der Waals surface area contributed by atoms with Crippen LogP contribution in [0.2, 0.25) is 0 Å². The molecular formula is C13H17BrN2O2S. The lowest BCUT2D eigenvalue weighted by Crippen LogP contribution is -2.42.